The molecule has 94 valence electrons. The summed E-state index contributed by atoms with van der Waals surface area (Å²) in [6, 6.07) is 0.201. The molecule has 4 fully saturated rings. The Labute approximate surface area is 103 Å². The fourth-order valence-electron chi connectivity index (χ4n) is 5.38. The zero-order valence-corrected chi connectivity index (χ0v) is 10.4. The summed E-state index contributed by atoms with van der Waals surface area (Å²) in [7, 11) is 0. The minimum absolute atomic E-state index is 0.201. The van der Waals surface area contributed by atoms with E-state index < -0.39 is 0 Å². The fourth-order valence-corrected chi connectivity index (χ4v) is 5.38. The summed E-state index contributed by atoms with van der Waals surface area (Å²) < 4.78 is 0. The maximum Gasteiger partial charge on any atom is 0.114 e. The Hall–Kier alpha value is -0.570. The first-order valence-corrected chi connectivity index (χ1v) is 7.35. The Morgan fingerprint density at radius 3 is 2.24 bits per heavy atom. The highest BCUT2D eigenvalue weighted by Crippen LogP contribution is 2.57. The molecule has 0 aromatic carbocycles. The largest absolute Gasteiger partial charge is 0.371 e. The van der Waals surface area contributed by atoms with E-state index in [0.717, 1.165) is 48.5 Å². The van der Waals surface area contributed by atoms with E-state index in [1.165, 1.54) is 32.1 Å². The van der Waals surface area contributed by atoms with Crippen molar-refractivity contribution in [3.8, 4) is 0 Å². The van der Waals surface area contributed by atoms with E-state index in [9.17, 15) is 0 Å². The number of aliphatic imine (C=N–C) groups is 1. The van der Waals surface area contributed by atoms with Crippen LogP contribution in [0.25, 0.3) is 0 Å². The van der Waals surface area contributed by atoms with Crippen LogP contribution >= 0.6 is 0 Å². The second-order valence-electron chi connectivity index (χ2n) is 6.73. The molecule has 17 heavy (non-hydrogen) atoms. The van der Waals surface area contributed by atoms with Gasteiger partial charge in [-0.2, -0.15) is 0 Å². The highest BCUT2D eigenvalue weighted by atomic mass is 15.1. The Morgan fingerprint density at radius 1 is 1.06 bits per heavy atom. The summed E-state index contributed by atoms with van der Waals surface area (Å²) in [4.78, 5) is 4.55. The van der Waals surface area contributed by atoms with E-state index in [1.54, 1.807) is 0 Å². The van der Waals surface area contributed by atoms with Gasteiger partial charge in [0.15, 0.2) is 0 Å². The first-order valence-electron chi connectivity index (χ1n) is 7.35. The molecule has 0 radical (unpaired) electrons. The third-order valence-electron chi connectivity index (χ3n) is 5.73. The quantitative estimate of drug-likeness (QED) is 0.757. The lowest BCUT2D eigenvalue weighted by Crippen LogP contribution is -2.55. The van der Waals surface area contributed by atoms with E-state index in [4.69, 9.17) is 5.73 Å². The first kappa shape index (κ1) is 10.4. The number of amidine groups is 1. The molecule has 1 atom stereocenters. The van der Waals surface area contributed by atoms with Gasteiger partial charge in [-0.05, 0) is 61.7 Å². The molecule has 4 aliphatic carbocycles. The molecule has 1 unspecified atom stereocenters. The summed E-state index contributed by atoms with van der Waals surface area (Å²) in [5, 5.41) is 3.39. The smallest absolute Gasteiger partial charge is 0.114 e. The third-order valence-corrected chi connectivity index (χ3v) is 5.73. The third kappa shape index (κ3) is 1.55. The molecule has 0 spiro atoms. The van der Waals surface area contributed by atoms with E-state index >= 15 is 0 Å². The molecule has 5 aliphatic rings. The van der Waals surface area contributed by atoms with E-state index in [1.807, 2.05) is 0 Å². The molecule has 0 aromatic heterocycles. The average molecular weight is 233 g/mol. The minimum Gasteiger partial charge on any atom is -0.371 e. The van der Waals surface area contributed by atoms with Gasteiger partial charge in [-0.25, -0.2) is 0 Å². The van der Waals surface area contributed by atoms with Crippen molar-refractivity contribution in [3.63, 3.8) is 0 Å². The van der Waals surface area contributed by atoms with Gasteiger partial charge in [0.25, 0.3) is 0 Å². The van der Waals surface area contributed by atoms with Crippen LogP contribution in [0.4, 0.5) is 0 Å². The van der Waals surface area contributed by atoms with E-state index in [-0.39, 0.29) is 6.04 Å². The maximum atomic E-state index is 6.51. The van der Waals surface area contributed by atoms with Gasteiger partial charge >= 0.3 is 0 Å². The fraction of sp³-hybridized carbons (Fsp3) is 0.929. The summed E-state index contributed by atoms with van der Waals surface area (Å²) >= 11 is 0. The molecule has 0 saturated heterocycles. The normalized spacial score (nSPS) is 49.0. The lowest BCUT2D eigenvalue weighted by atomic mass is 9.50. The van der Waals surface area contributed by atoms with Crippen molar-refractivity contribution in [2.75, 3.05) is 13.1 Å². The van der Waals surface area contributed by atoms with Gasteiger partial charge in [0, 0.05) is 6.54 Å². The van der Waals surface area contributed by atoms with Crippen LogP contribution in [0.15, 0.2) is 4.99 Å². The Balaban J connectivity index is 1.57. The van der Waals surface area contributed by atoms with Gasteiger partial charge in [-0.3, -0.25) is 4.99 Å². The average Bonchev–Trinajstić information content (AvgIpc) is 2.80. The number of hydrogen-bond donors (Lipinski definition) is 2. The van der Waals surface area contributed by atoms with Crippen LogP contribution in [0.3, 0.4) is 0 Å². The van der Waals surface area contributed by atoms with Crippen LogP contribution in [-0.4, -0.2) is 25.0 Å². The number of rotatable bonds is 2. The Kier molecular flexibility index (Phi) is 2.26. The lowest BCUT2D eigenvalue weighted by Gasteiger charge is -2.55. The SMILES string of the molecule is NC(C1=NCCN1)C1C2CC3CC(C2)CC1C3. The highest BCUT2D eigenvalue weighted by Gasteiger charge is 2.50. The van der Waals surface area contributed by atoms with Crippen molar-refractivity contribution in [2.45, 2.75) is 38.1 Å². The highest BCUT2D eigenvalue weighted by molar-refractivity contribution is 5.88. The molecule has 0 aromatic rings. The molecular formula is C14H23N3. The van der Waals surface area contributed by atoms with Gasteiger partial charge in [0.2, 0.25) is 0 Å². The zero-order valence-electron chi connectivity index (χ0n) is 10.4. The zero-order chi connectivity index (χ0) is 11.4. The van der Waals surface area contributed by atoms with Crippen molar-refractivity contribution < 1.29 is 0 Å². The molecule has 1 heterocycles. The maximum absolute atomic E-state index is 6.51. The predicted molar refractivity (Wildman–Crippen MR) is 68.8 cm³/mol. The summed E-state index contributed by atoms with van der Waals surface area (Å²) in [5.74, 6) is 5.74. The van der Waals surface area contributed by atoms with Gasteiger partial charge in [-0.1, -0.05) is 0 Å². The van der Waals surface area contributed by atoms with Crippen LogP contribution < -0.4 is 11.1 Å². The standard InChI is InChI=1S/C14H23N3/c15-13(14-16-1-2-17-14)12-10-4-8-3-9(6-10)7-11(12)5-8/h8-13H,1-7,15H2,(H,16,17). The second-order valence-corrected chi connectivity index (χ2v) is 6.73. The van der Waals surface area contributed by atoms with Crippen molar-refractivity contribution >= 4 is 5.84 Å². The first-order chi connectivity index (χ1) is 8.31. The second kappa shape index (κ2) is 3.71. The monoisotopic (exact) mass is 233 g/mol. The molecule has 3 nitrogen and oxygen atoms in total. The topological polar surface area (TPSA) is 50.4 Å². The summed E-state index contributed by atoms with van der Waals surface area (Å²) in [6.45, 7) is 1.92. The Bertz CT molecular complexity index is 321. The van der Waals surface area contributed by atoms with E-state index in [0.29, 0.717) is 0 Å². The lowest BCUT2D eigenvalue weighted by molar-refractivity contribution is -0.0389. The predicted octanol–water partition coefficient (Wildman–Crippen LogP) is 1.39. The van der Waals surface area contributed by atoms with Crippen molar-refractivity contribution in [3.05, 3.63) is 0 Å². The molecule has 3 N–H and O–H groups in total. The molecule has 3 heteroatoms. The van der Waals surface area contributed by atoms with Crippen LogP contribution in [0.5, 0.6) is 0 Å². The molecule has 5 rings (SSSR count). The van der Waals surface area contributed by atoms with Gasteiger partial charge < -0.3 is 11.1 Å². The van der Waals surface area contributed by atoms with Crippen LogP contribution in [-0.2, 0) is 0 Å². The summed E-state index contributed by atoms with van der Waals surface area (Å²) in [5.41, 5.74) is 6.51. The van der Waals surface area contributed by atoms with E-state index in [2.05, 4.69) is 10.3 Å². The number of hydrogen-bond acceptors (Lipinski definition) is 3. The molecular weight excluding hydrogens is 210 g/mol. The van der Waals surface area contributed by atoms with Gasteiger partial charge in [-0.15, -0.1) is 0 Å². The van der Waals surface area contributed by atoms with Gasteiger partial charge in [0.05, 0.1) is 12.6 Å². The van der Waals surface area contributed by atoms with Crippen LogP contribution in [0.2, 0.25) is 0 Å². The molecule has 4 saturated carbocycles. The Morgan fingerprint density at radius 2 is 1.71 bits per heavy atom. The van der Waals surface area contributed by atoms with Crippen molar-refractivity contribution in [2.24, 2.45) is 40.3 Å². The molecule has 0 amide bonds. The minimum atomic E-state index is 0.201. The number of nitrogens with one attached hydrogen (secondary N) is 1. The van der Waals surface area contributed by atoms with Crippen molar-refractivity contribution in [1.29, 1.82) is 0 Å². The molecule has 1 aliphatic heterocycles. The number of nitrogens with zero attached hydrogens (tertiary/aromatic N) is 1. The van der Waals surface area contributed by atoms with Crippen LogP contribution in [0.1, 0.15) is 32.1 Å². The summed E-state index contributed by atoms with van der Waals surface area (Å²) in [6.07, 6.45) is 7.35. The number of nitrogens with two attached hydrogens (primary N) is 1. The van der Waals surface area contributed by atoms with Crippen LogP contribution in [0, 0.1) is 29.6 Å². The molecule has 4 bridgehead atoms. The van der Waals surface area contributed by atoms with Crippen molar-refractivity contribution in [1.82, 2.24) is 5.32 Å². The van der Waals surface area contributed by atoms with Gasteiger partial charge in [0.1, 0.15) is 5.84 Å².